The molecule has 1 aromatic heterocycles. The predicted octanol–water partition coefficient (Wildman–Crippen LogP) is 1.25. The van der Waals surface area contributed by atoms with Gasteiger partial charge in [0.15, 0.2) is 0 Å². The van der Waals surface area contributed by atoms with Crippen LogP contribution in [-0.4, -0.2) is 28.8 Å². The summed E-state index contributed by atoms with van der Waals surface area (Å²) in [5.74, 6) is 1.12. The van der Waals surface area contributed by atoms with Gasteiger partial charge in [0.25, 0.3) is 0 Å². The second kappa shape index (κ2) is 4.77. The number of hydrogen-bond acceptors (Lipinski definition) is 3. The van der Waals surface area contributed by atoms with Crippen molar-refractivity contribution >= 4 is 0 Å². The lowest BCUT2D eigenvalue weighted by Gasteiger charge is -2.20. The van der Waals surface area contributed by atoms with Crippen molar-refractivity contribution in [3.05, 3.63) is 18.2 Å². The van der Waals surface area contributed by atoms with Crippen molar-refractivity contribution in [3.63, 3.8) is 0 Å². The topological polar surface area (TPSA) is 39.1 Å². The highest BCUT2D eigenvalue weighted by Gasteiger charge is 2.21. The van der Waals surface area contributed by atoms with Crippen LogP contribution in [0.2, 0.25) is 0 Å². The van der Waals surface area contributed by atoms with Gasteiger partial charge >= 0.3 is 0 Å². The van der Waals surface area contributed by atoms with E-state index in [1.165, 1.54) is 0 Å². The molecule has 2 atom stereocenters. The summed E-state index contributed by atoms with van der Waals surface area (Å²) >= 11 is 0. The van der Waals surface area contributed by atoms with Gasteiger partial charge in [-0.15, -0.1) is 0 Å². The van der Waals surface area contributed by atoms with Gasteiger partial charge in [0, 0.05) is 32.1 Å². The molecule has 0 radical (unpaired) electrons. The SMILES string of the molecule is CCC(NC1CCOC1)c1nccn1C. The van der Waals surface area contributed by atoms with Crippen molar-refractivity contribution in [3.8, 4) is 0 Å². The van der Waals surface area contributed by atoms with Gasteiger partial charge in [-0.25, -0.2) is 4.98 Å². The van der Waals surface area contributed by atoms with Gasteiger partial charge in [-0.05, 0) is 12.8 Å². The number of hydrogen-bond donors (Lipinski definition) is 1. The molecule has 84 valence electrons. The molecule has 2 heterocycles. The van der Waals surface area contributed by atoms with Gasteiger partial charge in [-0.3, -0.25) is 0 Å². The van der Waals surface area contributed by atoms with E-state index >= 15 is 0 Å². The van der Waals surface area contributed by atoms with E-state index in [2.05, 4.69) is 21.8 Å². The number of rotatable bonds is 4. The Labute approximate surface area is 90.6 Å². The largest absolute Gasteiger partial charge is 0.380 e. The van der Waals surface area contributed by atoms with Crippen LogP contribution < -0.4 is 5.32 Å². The maximum atomic E-state index is 5.36. The van der Waals surface area contributed by atoms with E-state index in [4.69, 9.17) is 4.74 Å². The van der Waals surface area contributed by atoms with E-state index in [9.17, 15) is 0 Å². The van der Waals surface area contributed by atoms with Gasteiger partial charge in [-0.1, -0.05) is 6.92 Å². The predicted molar refractivity (Wildman–Crippen MR) is 58.6 cm³/mol. The van der Waals surface area contributed by atoms with Crippen molar-refractivity contribution in [1.29, 1.82) is 0 Å². The van der Waals surface area contributed by atoms with Gasteiger partial charge in [-0.2, -0.15) is 0 Å². The van der Waals surface area contributed by atoms with Crippen molar-refractivity contribution in [2.45, 2.75) is 31.8 Å². The fourth-order valence-corrected chi connectivity index (χ4v) is 2.04. The van der Waals surface area contributed by atoms with Crippen LogP contribution in [0.3, 0.4) is 0 Å². The summed E-state index contributed by atoms with van der Waals surface area (Å²) in [5.41, 5.74) is 0. The number of nitrogens with zero attached hydrogens (tertiary/aromatic N) is 2. The average Bonchev–Trinajstić information content (AvgIpc) is 2.85. The number of nitrogens with one attached hydrogen (secondary N) is 1. The average molecular weight is 209 g/mol. The van der Waals surface area contributed by atoms with Crippen molar-refractivity contribution in [2.75, 3.05) is 13.2 Å². The van der Waals surface area contributed by atoms with Crippen molar-refractivity contribution in [2.24, 2.45) is 7.05 Å². The molecule has 4 nitrogen and oxygen atoms in total. The molecule has 0 bridgehead atoms. The smallest absolute Gasteiger partial charge is 0.125 e. The molecule has 2 rings (SSSR count). The third-order valence-electron chi connectivity index (χ3n) is 2.94. The minimum absolute atomic E-state index is 0.344. The lowest BCUT2D eigenvalue weighted by atomic mass is 10.1. The molecule has 0 aromatic carbocycles. The standard InChI is InChI=1S/C11H19N3O/c1-3-10(11-12-5-6-14(11)2)13-9-4-7-15-8-9/h5-6,9-10,13H,3-4,7-8H2,1-2H3. The second-order valence-electron chi connectivity index (χ2n) is 4.08. The lowest BCUT2D eigenvalue weighted by Crippen LogP contribution is -2.34. The van der Waals surface area contributed by atoms with E-state index in [0.717, 1.165) is 31.9 Å². The Bertz CT molecular complexity index is 305. The zero-order valence-corrected chi connectivity index (χ0v) is 9.44. The highest BCUT2D eigenvalue weighted by atomic mass is 16.5. The molecular formula is C11H19N3O. The Kier molecular flexibility index (Phi) is 3.38. The monoisotopic (exact) mass is 209 g/mol. The minimum atomic E-state index is 0.344. The molecule has 1 aliphatic rings. The van der Waals surface area contributed by atoms with Crippen LogP contribution in [0, 0.1) is 0 Å². The molecule has 2 unspecified atom stereocenters. The summed E-state index contributed by atoms with van der Waals surface area (Å²) in [5, 5.41) is 3.60. The van der Waals surface area contributed by atoms with Crippen LogP contribution in [0.25, 0.3) is 0 Å². The summed E-state index contributed by atoms with van der Waals surface area (Å²) < 4.78 is 7.44. The van der Waals surface area contributed by atoms with Crippen molar-refractivity contribution in [1.82, 2.24) is 14.9 Å². The van der Waals surface area contributed by atoms with Gasteiger partial charge in [0.2, 0.25) is 0 Å². The zero-order chi connectivity index (χ0) is 10.7. The number of imidazole rings is 1. The van der Waals surface area contributed by atoms with Crippen LogP contribution in [0.5, 0.6) is 0 Å². The van der Waals surface area contributed by atoms with E-state index in [1.54, 1.807) is 0 Å². The van der Waals surface area contributed by atoms with Crippen LogP contribution >= 0.6 is 0 Å². The van der Waals surface area contributed by atoms with E-state index in [-0.39, 0.29) is 0 Å². The minimum Gasteiger partial charge on any atom is -0.380 e. The lowest BCUT2D eigenvalue weighted by molar-refractivity contribution is 0.187. The van der Waals surface area contributed by atoms with Gasteiger partial charge in [0.1, 0.15) is 5.82 Å². The van der Waals surface area contributed by atoms with Gasteiger partial charge in [0.05, 0.1) is 12.6 Å². The molecule has 0 amide bonds. The first-order chi connectivity index (χ1) is 7.31. The summed E-state index contributed by atoms with van der Waals surface area (Å²) in [4.78, 5) is 4.39. The highest BCUT2D eigenvalue weighted by molar-refractivity contribution is 4.99. The number of aryl methyl sites for hydroxylation is 1. The normalized spacial score (nSPS) is 23.2. The molecule has 0 spiro atoms. The first-order valence-corrected chi connectivity index (χ1v) is 5.62. The molecule has 1 fully saturated rings. The molecule has 0 saturated carbocycles. The van der Waals surface area contributed by atoms with Crippen LogP contribution in [-0.2, 0) is 11.8 Å². The first-order valence-electron chi connectivity index (χ1n) is 5.62. The fourth-order valence-electron chi connectivity index (χ4n) is 2.04. The van der Waals surface area contributed by atoms with E-state index in [0.29, 0.717) is 12.1 Å². The van der Waals surface area contributed by atoms with Crippen LogP contribution in [0.15, 0.2) is 12.4 Å². The van der Waals surface area contributed by atoms with Crippen LogP contribution in [0.1, 0.15) is 31.6 Å². The van der Waals surface area contributed by atoms with E-state index in [1.807, 2.05) is 19.4 Å². The molecule has 4 heteroatoms. The Morgan fingerprint density at radius 2 is 2.60 bits per heavy atom. The van der Waals surface area contributed by atoms with Crippen LogP contribution in [0.4, 0.5) is 0 Å². The zero-order valence-electron chi connectivity index (χ0n) is 9.44. The Balaban J connectivity index is 2.00. The quantitative estimate of drug-likeness (QED) is 0.811. The Hall–Kier alpha value is -0.870. The first kappa shape index (κ1) is 10.6. The Morgan fingerprint density at radius 3 is 3.13 bits per heavy atom. The molecule has 15 heavy (non-hydrogen) atoms. The highest BCUT2D eigenvalue weighted by Crippen LogP contribution is 2.16. The summed E-state index contributed by atoms with van der Waals surface area (Å²) in [7, 11) is 2.04. The molecule has 1 saturated heterocycles. The second-order valence-corrected chi connectivity index (χ2v) is 4.08. The molecule has 1 aliphatic heterocycles. The van der Waals surface area contributed by atoms with Gasteiger partial charge < -0.3 is 14.6 Å². The maximum absolute atomic E-state index is 5.36. The summed E-state index contributed by atoms with van der Waals surface area (Å²) in [6, 6.07) is 0.836. The molecule has 0 aliphatic carbocycles. The summed E-state index contributed by atoms with van der Waals surface area (Å²) in [6.07, 6.45) is 6.01. The Morgan fingerprint density at radius 1 is 1.73 bits per heavy atom. The third kappa shape index (κ3) is 2.38. The van der Waals surface area contributed by atoms with Crippen molar-refractivity contribution < 1.29 is 4.74 Å². The molecule has 1 N–H and O–H groups in total. The fraction of sp³-hybridized carbons (Fsp3) is 0.727. The number of aromatic nitrogens is 2. The number of ether oxygens (including phenoxy) is 1. The molecular weight excluding hydrogens is 190 g/mol. The maximum Gasteiger partial charge on any atom is 0.125 e. The molecule has 1 aromatic rings. The summed E-state index contributed by atoms with van der Waals surface area (Å²) in [6.45, 7) is 3.90. The van der Waals surface area contributed by atoms with E-state index < -0.39 is 0 Å². The third-order valence-corrected chi connectivity index (χ3v) is 2.94.